The summed E-state index contributed by atoms with van der Waals surface area (Å²) in [7, 11) is 0. The maximum absolute atomic E-state index is 11.9. The molecule has 0 aliphatic rings. The van der Waals surface area contributed by atoms with E-state index in [1.54, 1.807) is 18.4 Å². The molecule has 2 aromatic heterocycles. The fourth-order valence-electron chi connectivity index (χ4n) is 2.00. The Morgan fingerprint density at radius 3 is 2.80 bits per heavy atom. The van der Waals surface area contributed by atoms with Crippen molar-refractivity contribution in [3.05, 3.63) is 24.2 Å². The molecule has 2 aromatic rings. The molecule has 0 aromatic carbocycles. The van der Waals surface area contributed by atoms with E-state index < -0.39 is 0 Å². The van der Waals surface area contributed by atoms with Gasteiger partial charge in [-0.05, 0) is 39.8 Å². The number of guanidine groups is 1. The second-order valence-electron chi connectivity index (χ2n) is 6.43. The minimum absolute atomic E-state index is 0.0992. The van der Waals surface area contributed by atoms with E-state index in [9.17, 15) is 4.79 Å². The molecular formula is C16H25N7O2. The molecule has 9 heteroatoms. The van der Waals surface area contributed by atoms with Gasteiger partial charge in [-0.3, -0.25) is 9.89 Å². The summed E-state index contributed by atoms with van der Waals surface area (Å²) in [4.78, 5) is 20.6. The predicted molar refractivity (Wildman–Crippen MR) is 94.8 cm³/mol. The number of aromatic amines is 1. The first-order valence-electron chi connectivity index (χ1n) is 8.15. The highest BCUT2D eigenvalue weighted by atomic mass is 16.3. The van der Waals surface area contributed by atoms with Gasteiger partial charge in [0.2, 0.25) is 11.7 Å². The van der Waals surface area contributed by atoms with Gasteiger partial charge in [0.05, 0.1) is 12.8 Å². The van der Waals surface area contributed by atoms with Crippen LogP contribution in [0.4, 0.5) is 0 Å². The first-order valence-corrected chi connectivity index (χ1v) is 8.15. The maximum atomic E-state index is 11.9. The molecule has 0 unspecified atom stereocenters. The van der Waals surface area contributed by atoms with Crippen LogP contribution in [0.25, 0.3) is 11.6 Å². The van der Waals surface area contributed by atoms with Gasteiger partial charge < -0.3 is 20.4 Å². The van der Waals surface area contributed by atoms with Crippen molar-refractivity contribution in [2.45, 2.75) is 39.8 Å². The lowest BCUT2D eigenvalue weighted by Crippen LogP contribution is -2.48. The van der Waals surface area contributed by atoms with Crippen molar-refractivity contribution >= 4 is 11.9 Å². The van der Waals surface area contributed by atoms with E-state index in [1.807, 2.05) is 27.7 Å². The van der Waals surface area contributed by atoms with Crippen molar-refractivity contribution in [2.24, 2.45) is 4.99 Å². The van der Waals surface area contributed by atoms with Gasteiger partial charge in [-0.1, -0.05) is 0 Å². The number of amides is 1. The smallest absolute Gasteiger partial charge is 0.239 e. The maximum Gasteiger partial charge on any atom is 0.239 e. The molecule has 0 radical (unpaired) electrons. The van der Waals surface area contributed by atoms with E-state index >= 15 is 0 Å². The van der Waals surface area contributed by atoms with E-state index in [4.69, 9.17) is 4.42 Å². The Morgan fingerprint density at radius 1 is 1.36 bits per heavy atom. The quantitative estimate of drug-likeness (QED) is 0.458. The van der Waals surface area contributed by atoms with Crippen LogP contribution in [-0.4, -0.2) is 45.7 Å². The Balaban J connectivity index is 1.92. The number of hydrogen-bond acceptors (Lipinski definition) is 5. The average Bonchev–Trinajstić information content (AvgIpc) is 3.18. The molecule has 0 spiro atoms. The molecule has 0 aliphatic carbocycles. The van der Waals surface area contributed by atoms with Crippen molar-refractivity contribution in [3.8, 4) is 11.6 Å². The molecule has 1 amide bonds. The molecule has 0 fully saturated rings. The van der Waals surface area contributed by atoms with Crippen LogP contribution in [0.2, 0.25) is 0 Å². The zero-order chi connectivity index (χ0) is 18.3. The summed E-state index contributed by atoms with van der Waals surface area (Å²) in [5, 5.41) is 15.9. The summed E-state index contributed by atoms with van der Waals surface area (Å²) in [6.07, 6.45) is 1.57. The Kier molecular flexibility index (Phi) is 6.15. The third-order valence-corrected chi connectivity index (χ3v) is 2.94. The van der Waals surface area contributed by atoms with Crippen LogP contribution in [0.15, 0.2) is 27.8 Å². The van der Waals surface area contributed by atoms with Gasteiger partial charge in [-0.15, -0.1) is 5.10 Å². The van der Waals surface area contributed by atoms with Crippen LogP contribution in [0.5, 0.6) is 0 Å². The molecule has 136 valence electrons. The van der Waals surface area contributed by atoms with Crippen LogP contribution in [0.3, 0.4) is 0 Å². The zero-order valence-electron chi connectivity index (χ0n) is 15.0. The number of carbonyl (C=O) groups excluding carboxylic acids is 1. The lowest BCUT2D eigenvalue weighted by atomic mass is 10.1. The summed E-state index contributed by atoms with van der Waals surface area (Å²) < 4.78 is 5.25. The Morgan fingerprint density at radius 2 is 2.16 bits per heavy atom. The first-order chi connectivity index (χ1) is 11.9. The number of nitrogens with zero attached hydrogens (tertiary/aromatic N) is 3. The van der Waals surface area contributed by atoms with Gasteiger partial charge in [-0.25, -0.2) is 9.98 Å². The standard InChI is InChI=1S/C16H25N7O2/c1-5-17-15(19-10-13(24)21-16(2,3)4)18-9-12-20-14(23-22-12)11-7-6-8-25-11/h6-8H,5,9-10H2,1-4H3,(H,21,24)(H2,17,18,19)(H,20,22,23). The Hall–Kier alpha value is -2.84. The molecular weight excluding hydrogens is 322 g/mol. The van der Waals surface area contributed by atoms with E-state index in [2.05, 4.69) is 36.1 Å². The van der Waals surface area contributed by atoms with Gasteiger partial charge in [-0.2, -0.15) is 0 Å². The fourth-order valence-corrected chi connectivity index (χ4v) is 2.00. The number of furan rings is 1. The van der Waals surface area contributed by atoms with Crippen LogP contribution in [0, 0.1) is 0 Å². The van der Waals surface area contributed by atoms with E-state index in [0.29, 0.717) is 36.5 Å². The second kappa shape index (κ2) is 8.32. The third kappa shape index (κ3) is 6.28. The van der Waals surface area contributed by atoms with Crippen LogP contribution < -0.4 is 16.0 Å². The Labute approximate surface area is 146 Å². The summed E-state index contributed by atoms with van der Waals surface area (Å²) in [6.45, 7) is 8.87. The highest BCUT2D eigenvalue weighted by Crippen LogP contribution is 2.14. The lowest BCUT2D eigenvalue weighted by molar-refractivity contribution is -0.121. The molecule has 0 saturated carbocycles. The van der Waals surface area contributed by atoms with Crippen LogP contribution >= 0.6 is 0 Å². The van der Waals surface area contributed by atoms with Crippen LogP contribution in [0.1, 0.15) is 33.5 Å². The topological polar surface area (TPSA) is 120 Å². The van der Waals surface area contributed by atoms with Crippen LogP contribution in [-0.2, 0) is 11.3 Å². The summed E-state index contributed by atoms with van der Waals surface area (Å²) >= 11 is 0. The number of aromatic nitrogens is 3. The van der Waals surface area contributed by atoms with E-state index in [0.717, 1.165) is 0 Å². The fraction of sp³-hybridized carbons (Fsp3) is 0.500. The van der Waals surface area contributed by atoms with Crippen molar-refractivity contribution in [1.82, 2.24) is 31.1 Å². The molecule has 4 N–H and O–H groups in total. The molecule has 0 atom stereocenters. The number of H-pyrrole nitrogens is 1. The molecule has 0 bridgehead atoms. The summed E-state index contributed by atoms with van der Waals surface area (Å²) in [5.74, 6) is 2.11. The molecule has 2 heterocycles. The largest absolute Gasteiger partial charge is 0.461 e. The second-order valence-corrected chi connectivity index (χ2v) is 6.43. The number of rotatable bonds is 6. The lowest BCUT2D eigenvalue weighted by Gasteiger charge is -2.21. The van der Waals surface area contributed by atoms with Gasteiger partial charge >= 0.3 is 0 Å². The van der Waals surface area contributed by atoms with Crippen molar-refractivity contribution in [2.75, 3.05) is 13.1 Å². The number of hydrogen-bond donors (Lipinski definition) is 4. The number of nitrogens with one attached hydrogen (secondary N) is 4. The summed E-state index contributed by atoms with van der Waals surface area (Å²) in [6, 6.07) is 3.56. The van der Waals surface area contributed by atoms with Gasteiger partial charge in [0.15, 0.2) is 11.7 Å². The predicted octanol–water partition coefficient (Wildman–Crippen LogP) is 1.03. The first kappa shape index (κ1) is 18.5. The third-order valence-electron chi connectivity index (χ3n) is 2.94. The normalized spacial score (nSPS) is 12.1. The molecule has 25 heavy (non-hydrogen) atoms. The minimum Gasteiger partial charge on any atom is -0.461 e. The van der Waals surface area contributed by atoms with Gasteiger partial charge in [0.25, 0.3) is 0 Å². The highest BCUT2D eigenvalue weighted by Gasteiger charge is 2.14. The van der Waals surface area contributed by atoms with E-state index in [-0.39, 0.29) is 18.0 Å². The molecule has 9 nitrogen and oxygen atoms in total. The number of carbonyl (C=O) groups is 1. The zero-order valence-corrected chi connectivity index (χ0v) is 15.0. The molecule has 0 aliphatic heterocycles. The molecule has 2 rings (SSSR count). The van der Waals surface area contributed by atoms with E-state index in [1.165, 1.54) is 0 Å². The van der Waals surface area contributed by atoms with Crippen molar-refractivity contribution < 1.29 is 9.21 Å². The SMILES string of the molecule is CCNC(=NCc1nc(-c2ccco2)n[nH]1)NCC(=O)NC(C)(C)C. The van der Waals surface area contributed by atoms with Crippen molar-refractivity contribution in [1.29, 1.82) is 0 Å². The van der Waals surface area contributed by atoms with Gasteiger partial charge in [0, 0.05) is 12.1 Å². The monoisotopic (exact) mass is 347 g/mol. The average molecular weight is 347 g/mol. The van der Waals surface area contributed by atoms with Crippen molar-refractivity contribution in [3.63, 3.8) is 0 Å². The summed E-state index contributed by atoms with van der Waals surface area (Å²) in [5.41, 5.74) is -0.268. The minimum atomic E-state index is -0.268. The Bertz CT molecular complexity index is 698. The van der Waals surface area contributed by atoms with Gasteiger partial charge in [0.1, 0.15) is 12.4 Å². The number of aliphatic imine (C=N–C) groups is 1. The highest BCUT2D eigenvalue weighted by molar-refractivity contribution is 5.86. The molecule has 0 saturated heterocycles.